The standard InChI is InChI=1S/C12H19N3O5S/c1-12(2,8-16)14(4)21(19,20)11-7-9(15(17)18)5-6-10(11)13-3/h5-7,13,16H,8H2,1-4H3. The van der Waals surface area contributed by atoms with Gasteiger partial charge in [0.05, 0.1) is 22.8 Å². The topological polar surface area (TPSA) is 113 Å². The number of nitro groups is 1. The second-order valence-corrected chi connectivity index (χ2v) is 7.07. The van der Waals surface area contributed by atoms with Crippen LogP contribution in [0, 0.1) is 10.1 Å². The first-order valence-corrected chi connectivity index (χ1v) is 7.58. The SMILES string of the molecule is CNc1ccc([N+](=O)[O-])cc1S(=O)(=O)N(C)C(C)(C)CO. The number of likely N-dealkylation sites (N-methyl/N-ethyl adjacent to an activating group) is 1. The molecule has 0 aliphatic rings. The Hall–Kier alpha value is -1.71. The molecule has 0 aliphatic heterocycles. The number of non-ortho nitro benzene ring substituents is 1. The van der Waals surface area contributed by atoms with Gasteiger partial charge in [0, 0.05) is 26.2 Å². The summed E-state index contributed by atoms with van der Waals surface area (Å²) >= 11 is 0. The molecule has 0 fully saturated rings. The van der Waals surface area contributed by atoms with E-state index in [0.29, 0.717) is 0 Å². The first kappa shape index (κ1) is 17.3. The second-order valence-electron chi connectivity index (χ2n) is 5.13. The summed E-state index contributed by atoms with van der Waals surface area (Å²) in [7, 11) is -1.15. The molecule has 0 bridgehead atoms. The fourth-order valence-electron chi connectivity index (χ4n) is 1.62. The summed E-state index contributed by atoms with van der Waals surface area (Å²) in [6.45, 7) is 2.73. The number of benzene rings is 1. The predicted octanol–water partition coefficient (Wildman–Crippen LogP) is 1.03. The Balaban J connectivity index is 3.49. The van der Waals surface area contributed by atoms with E-state index in [2.05, 4.69) is 5.32 Å². The van der Waals surface area contributed by atoms with Crippen LogP contribution in [0.3, 0.4) is 0 Å². The number of nitrogens with one attached hydrogen (secondary N) is 1. The van der Waals surface area contributed by atoms with E-state index in [1.165, 1.54) is 26.2 Å². The molecule has 0 spiro atoms. The lowest BCUT2D eigenvalue weighted by atomic mass is 10.1. The van der Waals surface area contributed by atoms with Crippen LogP contribution in [0.15, 0.2) is 23.1 Å². The molecule has 0 unspecified atom stereocenters. The molecule has 21 heavy (non-hydrogen) atoms. The lowest BCUT2D eigenvalue weighted by Gasteiger charge is -2.33. The number of hydrogen-bond donors (Lipinski definition) is 2. The van der Waals surface area contributed by atoms with E-state index >= 15 is 0 Å². The van der Waals surface area contributed by atoms with E-state index in [9.17, 15) is 23.6 Å². The van der Waals surface area contributed by atoms with E-state index in [1.54, 1.807) is 13.8 Å². The van der Waals surface area contributed by atoms with E-state index in [-0.39, 0.29) is 22.9 Å². The molecule has 0 aromatic heterocycles. The van der Waals surface area contributed by atoms with Crippen LogP contribution in [-0.4, -0.2) is 49.0 Å². The van der Waals surface area contributed by atoms with Gasteiger partial charge >= 0.3 is 0 Å². The van der Waals surface area contributed by atoms with E-state index in [4.69, 9.17) is 0 Å². The Morgan fingerprint density at radius 3 is 2.43 bits per heavy atom. The Labute approximate surface area is 123 Å². The van der Waals surface area contributed by atoms with Crippen LogP contribution in [0.5, 0.6) is 0 Å². The van der Waals surface area contributed by atoms with Crippen molar-refractivity contribution in [2.24, 2.45) is 0 Å². The first-order valence-electron chi connectivity index (χ1n) is 6.14. The number of aliphatic hydroxyl groups is 1. The van der Waals surface area contributed by atoms with Gasteiger partial charge in [0.25, 0.3) is 5.69 Å². The summed E-state index contributed by atoms with van der Waals surface area (Å²) in [4.78, 5) is 9.98. The number of nitro benzene ring substituents is 1. The summed E-state index contributed by atoms with van der Waals surface area (Å²) in [6.07, 6.45) is 0. The molecule has 0 saturated heterocycles. The molecule has 1 aromatic carbocycles. The Morgan fingerprint density at radius 1 is 1.43 bits per heavy atom. The normalized spacial score (nSPS) is 12.5. The van der Waals surface area contributed by atoms with Crippen molar-refractivity contribution >= 4 is 21.4 Å². The molecule has 2 N–H and O–H groups in total. The van der Waals surface area contributed by atoms with Gasteiger partial charge in [0.2, 0.25) is 10.0 Å². The van der Waals surface area contributed by atoms with Crippen LogP contribution in [0.1, 0.15) is 13.8 Å². The maximum absolute atomic E-state index is 12.6. The van der Waals surface area contributed by atoms with Crippen molar-refractivity contribution in [1.29, 1.82) is 0 Å². The van der Waals surface area contributed by atoms with Crippen molar-refractivity contribution < 1.29 is 18.4 Å². The molecule has 0 heterocycles. The fraction of sp³-hybridized carbons (Fsp3) is 0.500. The Kier molecular flexibility index (Phi) is 4.92. The van der Waals surface area contributed by atoms with E-state index in [0.717, 1.165) is 10.4 Å². The molecular formula is C12H19N3O5S. The third kappa shape index (κ3) is 3.31. The predicted molar refractivity (Wildman–Crippen MR) is 78.8 cm³/mol. The zero-order valence-electron chi connectivity index (χ0n) is 12.3. The van der Waals surface area contributed by atoms with Gasteiger partial charge in [-0.05, 0) is 19.9 Å². The summed E-state index contributed by atoms with van der Waals surface area (Å²) in [5, 5.41) is 22.9. The van der Waals surface area contributed by atoms with Gasteiger partial charge in [-0.2, -0.15) is 4.31 Å². The van der Waals surface area contributed by atoms with Crippen LogP contribution in [0.25, 0.3) is 0 Å². The van der Waals surface area contributed by atoms with Gasteiger partial charge in [-0.25, -0.2) is 8.42 Å². The van der Waals surface area contributed by atoms with E-state index in [1.807, 2.05) is 0 Å². The summed E-state index contributed by atoms with van der Waals surface area (Å²) in [6, 6.07) is 3.57. The van der Waals surface area contributed by atoms with Crippen molar-refractivity contribution in [1.82, 2.24) is 4.31 Å². The zero-order chi connectivity index (χ0) is 16.4. The van der Waals surface area contributed by atoms with Gasteiger partial charge in [-0.15, -0.1) is 0 Å². The maximum atomic E-state index is 12.6. The summed E-state index contributed by atoms with van der Waals surface area (Å²) in [5.41, 5.74) is -1.10. The highest BCUT2D eigenvalue weighted by Crippen LogP contribution is 2.31. The van der Waals surface area contributed by atoms with Crippen molar-refractivity contribution in [3.8, 4) is 0 Å². The summed E-state index contributed by atoms with van der Waals surface area (Å²) < 4.78 is 26.3. The lowest BCUT2D eigenvalue weighted by molar-refractivity contribution is -0.385. The van der Waals surface area contributed by atoms with Crippen LogP contribution < -0.4 is 5.32 Å². The number of aliphatic hydroxyl groups excluding tert-OH is 1. The highest BCUT2D eigenvalue weighted by molar-refractivity contribution is 7.89. The minimum Gasteiger partial charge on any atom is -0.394 e. The molecule has 8 nitrogen and oxygen atoms in total. The molecular weight excluding hydrogens is 298 g/mol. The minimum atomic E-state index is -4.00. The van der Waals surface area contributed by atoms with Crippen molar-refractivity contribution in [3.05, 3.63) is 28.3 Å². The molecule has 1 rings (SSSR count). The van der Waals surface area contributed by atoms with E-state index < -0.39 is 20.5 Å². The number of rotatable bonds is 6. The smallest absolute Gasteiger partial charge is 0.270 e. The fourth-order valence-corrected chi connectivity index (χ4v) is 3.34. The van der Waals surface area contributed by atoms with Gasteiger partial charge < -0.3 is 10.4 Å². The number of anilines is 1. The summed E-state index contributed by atoms with van der Waals surface area (Å²) in [5.74, 6) is 0. The third-order valence-electron chi connectivity index (χ3n) is 3.32. The highest BCUT2D eigenvalue weighted by Gasteiger charge is 2.35. The van der Waals surface area contributed by atoms with Crippen molar-refractivity contribution in [3.63, 3.8) is 0 Å². The van der Waals surface area contributed by atoms with Crippen LogP contribution in [-0.2, 0) is 10.0 Å². The average Bonchev–Trinajstić information content (AvgIpc) is 2.45. The molecule has 0 atom stereocenters. The molecule has 0 amide bonds. The van der Waals surface area contributed by atoms with Gasteiger partial charge in [0.15, 0.2) is 0 Å². The number of hydrogen-bond acceptors (Lipinski definition) is 6. The third-order valence-corrected chi connectivity index (χ3v) is 5.43. The molecule has 9 heteroatoms. The lowest BCUT2D eigenvalue weighted by Crippen LogP contribution is -2.47. The quantitative estimate of drug-likeness (QED) is 0.598. The minimum absolute atomic E-state index is 0.205. The molecule has 0 saturated carbocycles. The molecule has 118 valence electrons. The van der Waals surface area contributed by atoms with Crippen LogP contribution in [0.4, 0.5) is 11.4 Å². The number of sulfonamides is 1. The van der Waals surface area contributed by atoms with Crippen LogP contribution in [0.2, 0.25) is 0 Å². The number of nitrogens with zero attached hydrogens (tertiary/aromatic N) is 2. The first-order chi connectivity index (χ1) is 9.57. The molecule has 1 aromatic rings. The monoisotopic (exact) mass is 317 g/mol. The average molecular weight is 317 g/mol. The Bertz CT molecular complexity index is 642. The van der Waals surface area contributed by atoms with Crippen LogP contribution >= 0.6 is 0 Å². The molecule has 0 radical (unpaired) electrons. The van der Waals surface area contributed by atoms with Gasteiger partial charge in [-0.1, -0.05) is 0 Å². The van der Waals surface area contributed by atoms with Gasteiger partial charge in [0.1, 0.15) is 4.90 Å². The zero-order valence-corrected chi connectivity index (χ0v) is 13.1. The van der Waals surface area contributed by atoms with Crippen molar-refractivity contribution in [2.45, 2.75) is 24.3 Å². The Morgan fingerprint density at radius 2 is 2.00 bits per heavy atom. The van der Waals surface area contributed by atoms with Crippen molar-refractivity contribution in [2.75, 3.05) is 26.0 Å². The second kappa shape index (κ2) is 5.96. The van der Waals surface area contributed by atoms with Gasteiger partial charge in [-0.3, -0.25) is 10.1 Å². The maximum Gasteiger partial charge on any atom is 0.270 e. The largest absolute Gasteiger partial charge is 0.394 e. The molecule has 0 aliphatic carbocycles. The highest BCUT2D eigenvalue weighted by atomic mass is 32.2.